The fourth-order valence-corrected chi connectivity index (χ4v) is 2.42. The van der Waals surface area contributed by atoms with Crippen molar-refractivity contribution in [2.45, 2.75) is 31.3 Å². The summed E-state index contributed by atoms with van der Waals surface area (Å²) >= 11 is 0. The molecule has 1 saturated heterocycles. The number of nitrogens with two attached hydrogens (primary N) is 1. The van der Waals surface area contributed by atoms with Gasteiger partial charge in [-0.1, -0.05) is 6.42 Å². The second kappa shape index (κ2) is 3.27. The molecular formula is C9H16N2O2. The van der Waals surface area contributed by atoms with Gasteiger partial charge in [0.05, 0.1) is 0 Å². The maximum atomic E-state index is 11.3. The van der Waals surface area contributed by atoms with E-state index in [0.717, 1.165) is 19.3 Å². The summed E-state index contributed by atoms with van der Waals surface area (Å²) < 4.78 is 0. The van der Waals surface area contributed by atoms with E-state index in [1.807, 2.05) is 4.90 Å². The van der Waals surface area contributed by atoms with Crippen molar-refractivity contribution >= 4 is 5.91 Å². The molecule has 13 heavy (non-hydrogen) atoms. The molecular weight excluding hydrogens is 168 g/mol. The molecule has 4 nitrogen and oxygen atoms in total. The molecule has 1 heterocycles. The Balaban J connectivity index is 1.97. The first-order valence-electron chi connectivity index (χ1n) is 4.91. The van der Waals surface area contributed by atoms with E-state index in [1.54, 1.807) is 0 Å². The average Bonchev–Trinajstić information content (AvgIpc) is 2.60. The van der Waals surface area contributed by atoms with Crippen LogP contribution in [0.2, 0.25) is 0 Å². The molecule has 3 N–H and O–H groups in total. The fraction of sp³-hybridized carbons (Fsp3) is 0.889. The first-order valence-corrected chi connectivity index (χ1v) is 4.91. The van der Waals surface area contributed by atoms with Crippen LogP contribution in [0, 0.1) is 5.92 Å². The van der Waals surface area contributed by atoms with E-state index in [9.17, 15) is 4.79 Å². The molecule has 3 unspecified atom stereocenters. The van der Waals surface area contributed by atoms with E-state index in [0.29, 0.717) is 6.54 Å². The van der Waals surface area contributed by atoms with Gasteiger partial charge in [-0.05, 0) is 12.8 Å². The summed E-state index contributed by atoms with van der Waals surface area (Å²) in [6.45, 7) is 0.879. The van der Waals surface area contributed by atoms with Gasteiger partial charge in [0, 0.05) is 25.1 Å². The highest BCUT2D eigenvalue weighted by Crippen LogP contribution is 2.32. The molecule has 1 saturated carbocycles. The Bertz CT molecular complexity index is 220. The van der Waals surface area contributed by atoms with Crippen LogP contribution in [0.3, 0.4) is 0 Å². The lowest BCUT2D eigenvalue weighted by atomic mass is 9.97. The number of rotatable bonds is 2. The third kappa shape index (κ3) is 1.34. The molecule has 2 fully saturated rings. The second-order valence-electron chi connectivity index (χ2n) is 4.04. The number of likely N-dealkylation sites (tertiary alicyclic amines) is 1. The Morgan fingerprint density at radius 1 is 1.54 bits per heavy atom. The van der Waals surface area contributed by atoms with E-state index in [1.165, 1.54) is 0 Å². The normalized spacial score (nSPS) is 39.4. The highest BCUT2D eigenvalue weighted by atomic mass is 16.3. The van der Waals surface area contributed by atoms with Crippen LogP contribution in [-0.4, -0.2) is 41.1 Å². The van der Waals surface area contributed by atoms with Gasteiger partial charge in [-0.3, -0.25) is 4.79 Å². The zero-order valence-electron chi connectivity index (χ0n) is 7.65. The molecule has 1 aliphatic carbocycles. The van der Waals surface area contributed by atoms with Crippen LogP contribution < -0.4 is 5.73 Å². The lowest BCUT2D eigenvalue weighted by Crippen LogP contribution is -2.64. The summed E-state index contributed by atoms with van der Waals surface area (Å²) in [5.74, 6) is 0.349. The molecule has 0 spiro atoms. The van der Waals surface area contributed by atoms with Crippen molar-refractivity contribution in [3.63, 3.8) is 0 Å². The highest BCUT2D eigenvalue weighted by Gasteiger charge is 2.42. The van der Waals surface area contributed by atoms with Crippen LogP contribution in [-0.2, 0) is 4.79 Å². The number of carbonyl (C=O) groups excluding carboxylic acids is 1. The minimum absolute atomic E-state index is 0.0605. The van der Waals surface area contributed by atoms with E-state index < -0.39 is 0 Å². The molecule has 0 bridgehead atoms. The number of carbonyl (C=O) groups is 1. The zero-order valence-corrected chi connectivity index (χ0v) is 7.65. The number of aliphatic hydroxyl groups excluding tert-OH is 1. The SMILES string of the molecule is NC1CN(C2CCCC2CO)C1=O. The van der Waals surface area contributed by atoms with Gasteiger partial charge in [-0.15, -0.1) is 0 Å². The largest absolute Gasteiger partial charge is 0.396 e. The maximum absolute atomic E-state index is 11.3. The lowest BCUT2D eigenvalue weighted by Gasteiger charge is -2.42. The van der Waals surface area contributed by atoms with Gasteiger partial charge in [0.1, 0.15) is 6.04 Å². The maximum Gasteiger partial charge on any atom is 0.241 e. The fourth-order valence-electron chi connectivity index (χ4n) is 2.42. The molecule has 0 aromatic rings. The van der Waals surface area contributed by atoms with E-state index in [2.05, 4.69) is 0 Å². The monoisotopic (exact) mass is 184 g/mol. The lowest BCUT2D eigenvalue weighted by molar-refractivity contribution is -0.147. The summed E-state index contributed by atoms with van der Waals surface area (Å²) in [4.78, 5) is 13.2. The molecule has 2 rings (SSSR count). The number of nitrogens with zero attached hydrogens (tertiary/aromatic N) is 1. The Morgan fingerprint density at radius 2 is 2.31 bits per heavy atom. The van der Waals surface area contributed by atoms with Crippen molar-refractivity contribution in [2.75, 3.05) is 13.2 Å². The number of hydrogen-bond donors (Lipinski definition) is 2. The first-order chi connectivity index (χ1) is 6.24. The van der Waals surface area contributed by atoms with Gasteiger partial charge in [0.15, 0.2) is 0 Å². The van der Waals surface area contributed by atoms with Crippen LogP contribution in [0.25, 0.3) is 0 Å². The van der Waals surface area contributed by atoms with Gasteiger partial charge in [-0.2, -0.15) is 0 Å². The molecule has 0 radical (unpaired) electrons. The van der Waals surface area contributed by atoms with Crippen LogP contribution in [0.4, 0.5) is 0 Å². The first kappa shape index (κ1) is 8.97. The third-order valence-electron chi connectivity index (χ3n) is 3.25. The van der Waals surface area contributed by atoms with Crippen molar-refractivity contribution < 1.29 is 9.90 Å². The van der Waals surface area contributed by atoms with Crippen molar-refractivity contribution in [2.24, 2.45) is 11.7 Å². The van der Waals surface area contributed by atoms with Gasteiger partial charge >= 0.3 is 0 Å². The average molecular weight is 184 g/mol. The standard InChI is InChI=1S/C9H16N2O2/c10-7-4-11(9(7)13)8-3-1-2-6(8)5-12/h6-8,12H,1-5,10H2. The van der Waals surface area contributed by atoms with Crippen LogP contribution in [0.1, 0.15) is 19.3 Å². The minimum Gasteiger partial charge on any atom is -0.396 e. The Labute approximate surface area is 77.7 Å². The Morgan fingerprint density at radius 3 is 2.85 bits per heavy atom. The molecule has 1 amide bonds. The summed E-state index contributed by atoms with van der Waals surface area (Å²) in [5, 5.41) is 9.09. The Kier molecular flexibility index (Phi) is 2.26. The number of hydrogen-bond acceptors (Lipinski definition) is 3. The van der Waals surface area contributed by atoms with Crippen LogP contribution in [0.5, 0.6) is 0 Å². The van der Waals surface area contributed by atoms with E-state index in [4.69, 9.17) is 10.8 Å². The van der Waals surface area contributed by atoms with Crippen molar-refractivity contribution in [3.8, 4) is 0 Å². The van der Waals surface area contributed by atoms with Crippen LogP contribution >= 0.6 is 0 Å². The summed E-state index contributed by atoms with van der Waals surface area (Å²) in [7, 11) is 0. The number of amides is 1. The predicted octanol–water partition coefficient (Wildman–Crippen LogP) is -0.683. The number of β-lactam (4-membered cyclic amide) rings is 1. The van der Waals surface area contributed by atoms with Gasteiger partial charge in [0.2, 0.25) is 5.91 Å². The topological polar surface area (TPSA) is 66.6 Å². The van der Waals surface area contributed by atoms with Gasteiger partial charge in [-0.25, -0.2) is 0 Å². The van der Waals surface area contributed by atoms with Crippen molar-refractivity contribution in [3.05, 3.63) is 0 Å². The van der Waals surface area contributed by atoms with Crippen LogP contribution in [0.15, 0.2) is 0 Å². The molecule has 0 aromatic carbocycles. The third-order valence-corrected chi connectivity index (χ3v) is 3.25. The summed E-state index contributed by atoms with van der Waals surface area (Å²) in [6.07, 6.45) is 3.19. The molecule has 4 heteroatoms. The van der Waals surface area contributed by atoms with Gasteiger partial charge in [0.25, 0.3) is 0 Å². The molecule has 74 valence electrons. The second-order valence-corrected chi connectivity index (χ2v) is 4.04. The summed E-state index contributed by atoms with van der Waals surface area (Å²) in [6, 6.07) is -0.0164. The van der Waals surface area contributed by atoms with Crippen molar-refractivity contribution in [1.82, 2.24) is 4.90 Å². The smallest absolute Gasteiger partial charge is 0.241 e. The van der Waals surface area contributed by atoms with E-state index in [-0.39, 0.29) is 30.5 Å². The molecule has 2 aliphatic rings. The predicted molar refractivity (Wildman–Crippen MR) is 47.9 cm³/mol. The quantitative estimate of drug-likeness (QED) is 0.559. The zero-order chi connectivity index (χ0) is 9.42. The summed E-state index contributed by atoms with van der Waals surface area (Å²) in [5.41, 5.74) is 5.51. The molecule has 1 aliphatic heterocycles. The minimum atomic E-state index is -0.278. The van der Waals surface area contributed by atoms with Gasteiger partial charge < -0.3 is 15.7 Å². The number of aliphatic hydroxyl groups is 1. The van der Waals surface area contributed by atoms with Crippen molar-refractivity contribution in [1.29, 1.82) is 0 Å². The Hall–Kier alpha value is -0.610. The van der Waals surface area contributed by atoms with E-state index >= 15 is 0 Å². The molecule has 3 atom stereocenters. The highest BCUT2D eigenvalue weighted by molar-refractivity contribution is 5.88. The molecule has 0 aromatic heterocycles.